The van der Waals surface area contributed by atoms with Gasteiger partial charge in [-0.2, -0.15) is 12.6 Å². The van der Waals surface area contributed by atoms with E-state index in [1.165, 1.54) is 4.57 Å². The fourth-order valence-electron chi connectivity index (χ4n) is 1.92. The molecule has 1 heterocycles. The van der Waals surface area contributed by atoms with Crippen molar-refractivity contribution in [2.75, 3.05) is 5.75 Å². The summed E-state index contributed by atoms with van der Waals surface area (Å²) in [7, 11) is 0. The fourth-order valence-corrected chi connectivity index (χ4v) is 2.14. The molecule has 0 aliphatic rings. The highest BCUT2D eigenvalue weighted by Gasteiger charge is 2.19. The van der Waals surface area contributed by atoms with Crippen molar-refractivity contribution in [3.8, 4) is 0 Å². The van der Waals surface area contributed by atoms with Gasteiger partial charge in [0.25, 0.3) is 0 Å². The first-order valence-electron chi connectivity index (χ1n) is 6.62. The minimum Gasteiger partial charge on any atom is -0.293 e. The summed E-state index contributed by atoms with van der Waals surface area (Å²) in [5, 5.41) is 10.9. The Morgan fingerprint density at radius 1 is 1.25 bits per heavy atom. The quantitative estimate of drug-likeness (QED) is 0.340. The molecule has 0 saturated carbocycles. The Morgan fingerprint density at radius 3 is 2.50 bits per heavy atom. The van der Waals surface area contributed by atoms with Gasteiger partial charge < -0.3 is 0 Å². The SMILES string of the molecule is CCCn1cc([N+](=O)[O-])c(=O)n(CCCCCS)c1=O. The first-order chi connectivity index (χ1) is 9.52. The maximum Gasteiger partial charge on any atom is 0.350 e. The summed E-state index contributed by atoms with van der Waals surface area (Å²) in [6, 6.07) is 0. The molecule has 0 amide bonds. The average molecular weight is 301 g/mol. The minimum absolute atomic E-state index is 0.205. The van der Waals surface area contributed by atoms with Gasteiger partial charge in [-0.3, -0.25) is 24.0 Å². The third-order valence-corrected chi connectivity index (χ3v) is 3.24. The number of nitro groups is 1. The standard InChI is InChI=1S/C12H19N3O4S/c1-2-6-13-9-10(15(18)19)11(16)14(12(13)17)7-4-3-5-8-20/h9,20H,2-8H2,1H3. The zero-order valence-corrected chi connectivity index (χ0v) is 12.3. The molecule has 0 spiro atoms. The van der Waals surface area contributed by atoms with Crippen molar-refractivity contribution in [2.24, 2.45) is 0 Å². The van der Waals surface area contributed by atoms with Crippen molar-refractivity contribution >= 4 is 18.3 Å². The van der Waals surface area contributed by atoms with Crippen LogP contribution >= 0.6 is 12.6 Å². The van der Waals surface area contributed by atoms with Crippen molar-refractivity contribution in [3.63, 3.8) is 0 Å². The molecule has 112 valence electrons. The lowest BCUT2D eigenvalue weighted by Gasteiger charge is -2.09. The Morgan fingerprint density at radius 2 is 1.95 bits per heavy atom. The summed E-state index contributed by atoms with van der Waals surface area (Å²) < 4.78 is 2.20. The molecule has 0 N–H and O–H groups in total. The van der Waals surface area contributed by atoms with Gasteiger partial charge in [0.05, 0.1) is 11.1 Å². The maximum atomic E-state index is 12.1. The van der Waals surface area contributed by atoms with Crippen LogP contribution in [0.5, 0.6) is 0 Å². The van der Waals surface area contributed by atoms with E-state index in [0.717, 1.165) is 29.4 Å². The lowest BCUT2D eigenvalue weighted by molar-refractivity contribution is -0.387. The Bertz CT molecular complexity index is 579. The van der Waals surface area contributed by atoms with Gasteiger partial charge in [0, 0.05) is 13.1 Å². The zero-order chi connectivity index (χ0) is 15.1. The van der Waals surface area contributed by atoms with Gasteiger partial charge in [0.15, 0.2) is 0 Å². The number of hydrogen-bond acceptors (Lipinski definition) is 5. The molecule has 1 aromatic heterocycles. The predicted molar refractivity (Wildman–Crippen MR) is 79.6 cm³/mol. The van der Waals surface area contributed by atoms with E-state index < -0.39 is 21.9 Å². The third-order valence-electron chi connectivity index (χ3n) is 2.92. The van der Waals surface area contributed by atoms with Crippen LogP contribution in [0, 0.1) is 10.1 Å². The van der Waals surface area contributed by atoms with Crippen molar-refractivity contribution in [1.29, 1.82) is 0 Å². The van der Waals surface area contributed by atoms with E-state index in [1.807, 2.05) is 6.92 Å². The summed E-state index contributed by atoms with van der Waals surface area (Å²) in [6.07, 6.45) is 4.04. The van der Waals surface area contributed by atoms with Crippen LogP contribution in [-0.2, 0) is 13.1 Å². The first kappa shape index (κ1) is 16.5. The highest BCUT2D eigenvalue weighted by molar-refractivity contribution is 7.80. The van der Waals surface area contributed by atoms with E-state index >= 15 is 0 Å². The highest BCUT2D eigenvalue weighted by Crippen LogP contribution is 2.03. The lowest BCUT2D eigenvalue weighted by atomic mass is 10.2. The van der Waals surface area contributed by atoms with Crippen LogP contribution in [0.3, 0.4) is 0 Å². The number of nitrogens with zero attached hydrogens (tertiary/aromatic N) is 3. The van der Waals surface area contributed by atoms with Crippen LogP contribution in [0.15, 0.2) is 15.8 Å². The van der Waals surface area contributed by atoms with E-state index in [-0.39, 0.29) is 6.54 Å². The van der Waals surface area contributed by atoms with Crippen molar-refractivity contribution in [2.45, 2.75) is 45.7 Å². The van der Waals surface area contributed by atoms with Gasteiger partial charge in [0.2, 0.25) is 0 Å². The number of hydrogen-bond donors (Lipinski definition) is 1. The molecule has 0 fully saturated rings. The van der Waals surface area contributed by atoms with E-state index in [2.05, 4.69) is 12.6 Å². The van der Waals surface area contributed by atoms with Gasteiger partial charge >= 0.3 is 16.9 Å². The molecule has 0 aliphatic heterocycles. The van der Waals surface area contributed by atoms with Crippen LogP contribution in [-0.4, -0.2) is 19.8 Å². The predicted octanol–water partition coefficient (Wildman–Crippen LogP) is 1.43. The van der Waals surface area contributed by atoms with Crippen LogP contribution < -0.4 is 11.2 Å². The summed E-state index contributed by atoms with van der Waals surface area (Å²) in [4.78, 5) is 34.2. The Kier molecular flexibility index (Phi) is 6.50. The fraction of sp³-hybridized carbons (Fsp3) is 0.667. The van der Waals surface area contributed by atoms with Gasteiger partial charge in [-0.25, -0.2) is 4.79 Å². The molecule has 1 aromatic rings. The Balaban J connectivity index is 3.15. The van der Waals surface area contributed by atoms with Gasteiger partial charge in [-0.05, 0) is 25.0 Å². The maximum absolute atomic E-state index is 12.1. The van der Waals surface area contributed by atoms with Gasteiger partial charge in [-0.1, -0.05) is 13.3 Å². The van der Waals surface area contributed by atoms with Crippen molar-refractivity contribution < 1.29 is 4.92 Å². The number of aromatic nitrogens is 2. The second-order valence-electron chi connectivity index (χ2n) is 4.49. The molecular weight excluding hydrogens is 282 g/mol. The number of thiol groups is 1. The van der Waals surface area contributed by atoms with Gasteiger partial charge in [0.1, 0.15) is 0 Å². The van der Waals surface area contributed by atoms with Gasteiger partial charge in [-0.15, -0.1) is 0 Å². The topological polar surface area (TPSA) is 87.1 Å². The van der Waals surface area contributed by atoms with Crippen molar-refractivity contribution in [3.05, 3.63) is 37.1 Å². The highest BCUT2D eigenvalue weighted by atomic mass is 32.1. The molecule has 0 unspecified atom stereocenters. The molecule has 0 atom stereocenters. The number of rotatable bonds is 8. The van der Waals surface area contributed by atoms with Crippen LogP contribution in [0.25, 0.3) is 0 Å². The number of unbranched alkanes of at least 4 members (excludes halogenated alkanes) is 2. The molecule has 0 bridgehead atoms. The number of aryl methyl sites for hydroxylation is 1. The molecule has 7 nitrogen and oxygen atoms in total. The normalized spacial score (nSPS) is 10.7. The summed E-state index contributed by atoms with van der Waals surface area (Å²) in [5.41, 5.74) is -1.85. The smallest absolute Gasteiger partial charge is 0.293 e. The lowest BCUT2D eigenvalue weighted by Crippen LogP contribution is -2.40. The van der Waals surface area contributed by atoms with Crippen molar-refractivity contribution in [1.82, 2.24) is 9.13 Å². The Labute approximate surface area is 121 Å². The Hall–Kier alpha value is -1.57. The first-order valence-corrected chi connectivity index (χ1v) is 7.25. The largest absolute Gasteiger partial charge is 0.350 e. The third kappa shape index (κ3) is 3.96. The van der Waals surface area contributed by atoms with E-state index in [9.17, 15) is 19.7 Å². The van der Waals surface area contributed by atoms with Crippen LogP contribution in [0.2, 0.25) is 0 Å². The molecule has 0 saturated heterocycles. The zero-order valence-electron chi connectivity index (χ0n) is 11.4. The second kappa shape index (κ2) is 7.88. The molecular formula is C12H19N3O4S. The summed E-state index contributed by atoms with van der Waals surface area (Å²) in [6.45, 7) is 2.42. The van der Waals surface area contributed by atoms with Crippen LogP contribution in [0.4, 0.5) is 5.69 Å². The minimum atomic E-state index is -0.821. The summed E-state index contributed by atoms with van der Waals surface area (Å²) >= 11 is 4.09. The van der Waals surface area contributed by atoms with E-state index in [0.29, 0.717) is 19.4 Å². The molecule has 0 aromatic carbocycles. The molecule has 20 heavy (non-hydrogen) atoms. The molecule has 0 radical (unpaired) electrons. The molecule has 1 rings (SSSR count). The molecule has 0 aliphatic carbocycles. The molecule has 8 heteroatoms. The average Bonchev–Trinajstić information content (AvgIpc) is 2.40. The second-order valence-corrected chi connectivity index (χ2v) is 4.94. The summed E-state index contributed by atoms with van der Waals surface area (Å²) in [5.74, 6) is 0.740. The monoisotopic (exact) mass is 301 g/mol. The van der Waals surface area contributed by atoms with Crippen LogP contribution in [0.1, 0.15) is 32.6 Å². The van der Waals surface area contributed by atoms with E-state index in [1.54, 1.807) is 0 Å². The van der Waals surface area contributed by atoms with E-state index in [4.69, 9.17) is 0 Å².